The number of morpholine rings is 1. The first kappa shape index (κ1) is 29.4. The molecule has 2 aliphatic rings. The molecule has 0 aliphatic carbocycles. The lowest BCUT2D eigenvalue weighted by molar-refractivity contribution is -0.144. The van der Waals surface area contributed by atoms with Gasteiger partial charge in [0.05, 0.1) is 18.9 Å². The second kappa shape index (κ2) is 13.7. The molecule has 3 aromatic carbocycles. The summed E-state index contributed by atoms with van der Waals surface area (Å²) in [5.74, 6) is -0.257. The lowest BCUT2D eigenvalue weighted by Gasteiger charge is -2.37. The summed E-state index contributed by atoms with van der Waals surface area (Å²) in [4.78, 5) is 34.5. The van der Waals surface area contributed by atoms with Crippen LogP contribution in [0.1, 0.15) is 27.9 Å². The first-order valence-corrected chi connectivity index (χ1v) is 15.3. The maximum absolute atomic E-state index is 14.5. The molecule has 0 saturated carbocycles. The van der Waals surface area contributed by atoms with Crippen LogP contribution in [0.4, 0.5) is 5.69 Å². The molecule has 6 rings (SSSR count). The fourth-order valence-electron chi connectivity index (χ4n) is 6.01. The Labute approximate surface area is 259 Å². The van der Waals surface area contributed by atoms with E-state index in [0.717, 1.165) is 55.1 Å². The number of nitrogens with zero attached hydrogens (tertiary/aromatic N) is 5. The molecule has 2 amide bonds. The van der Waals surface area contributed by atoms with Crippen LogP contribution in [0, 0.1) is 0 Å². The van der Waals surface area contributed by atoms with Gasteiger partial charge in [-0.05, 0) is 52.9 Å². The maximum atomic E-state index is 14.5. The Kier molecular flexibility index (Phi) is 9.17. The van der Waals surface area contributed by atoms with Crippen molar-refractivity contribution >= 4 is 23.6 Å². The fourth-order valence-corrected chi connectivity index (χ4v) is 6.01. The predicted molar refractivity (Wildman–Crippen MR) is 172 cm³/mol. The molecular weight excluding hydrogens is 550 g/mol. The number of carbonyl (C=O) groups is 2. The zero-order valence-corrected chi connectivity index (χ0v) is 25.2. The molecule has 0 N–H and O–H groups in total. The number of hydrogen-bond acceptors (Lipinski definition) is 5. The average Bonchev–Trinajstić information content (AvgIpc) is 3.50. The summed E-state index contributed by atoms with van der Waals surface area (Å²) in [6, 6.07) is 27.8. The molecule has 4 aromatic rings. The van der Waals surface area contributed by atoms with Crippen molar-refractivity contribution in [2.24, 2.45) is 7.05 Å². The number of aryl methyl sites for hydroxylation is 1. The van der Waals surface area contributed by atoms with Gasteiger partial charge in [-0.25, -0.2) is 0 Å². The molecule has 0 radical (unpaired) electrons. The van der Waals surface area contributed by atoms with Gasteiger partial charge in [0.2, 0.25) is 11.8 Å². The van der Waals surface area contributed by atoms with Gasteiger partial charge in [-0.1, -0.05) is 66.7 Å². The van der Waals surface area contributed by atoms with Crippen molar-refractivity contribution in [1.82, 2.24) is 19.6 Å². The Bertz CT molecular complexity index is 1590. The molecule has 44 heavy (non-hydrogen) atoms. The van der Waals surface area contributed by atoms with Gasteiger partial charge in [-0.15, -0.1) is 0 Å². The van der Waals surface area contributed by atoms with E-state index in [2.05, 4.69) is 46.4 Å². The smallest absolute Gasteiger partial charge is 0.247 e. The van der Waals surface area contributed by atoms with Crippen molar-refractivity contribution in [1.29, 1.82) is 0 Å². The number of anilines is 1. The van der Waals surface area contributed by atoms with E-state index in [4.69, 9.17) is 4.74 Å². The number of benzene rings is 3. The second-order valence-corrected chi connectivity index (χ2v) is 11.5. The molecule has 0 spiro atoms. The molecule has 1 saturated heterocycles. The number of aromatic nitrogens is 2. The Morgan fingerprint density at radius 2 is 1.61 bits per heavy atom. The highest BCUT2D eigenvalue weighted by molar-refractivity contribution is 5.95. The van der Waals surface area contributed by atoms with Crippen LogP contribution >= 0.6 is 0 Å². The van der Waals surface area contributed by atoms with Crippen molar-refractivity contribution in [3.63, 3.8) is 0 Å². The number of carbonyl (C=O) groups excluding carboxylic acids is 2. The van der Waals surface area contributed by atoms with Crippen molar-refractivity contribution < 1.29 is 14.3 Å². The van der Waals surface area contributed by atoms with Gasteiger partial charge in [0.25, 0.3) is 0 Å². The van der Waals surface area contributed by atoms with E-state index in [1.807, 2.05) is 66.7 Å². The highest BCUT2D eigenvalue weighted by atomic mass is 16.5. The SMILES string of the molecule is Cn1ccc(C=CC(=O)N(Cc2ccc(N3CCOCC3)cc2)[C@@H](Cc2ccccc2)C(=O)N2CCc3ccccc3C2)n1. The predicted octanol–water partition coefficient (Wildman–Crippen LogP) is 4.49. The fraction of sp³-hybridized carbons (Fsp3) is 0.306. The summed E-state index contributed by atoms with van der Waals surface area (Å²) in [5.41, 5.74) is 6.25. The van der Waals surface area contributed by atoms with E-state index in [1.165, 1.54) is 5.56 Å². The van der Waals surface area contributed by atoms with Crippen LogP contribution in [0.25, 0.3) is 6.08 Å². The third kappa shape index (κ3) is 7.09. The highest BCUT2D eigenvalue weighted by Crippen LogP contribution is 2.24. The molecule has 1 atom stereocenters. The highest BCUT2D eigenvalue weighted by Gasteiger charge is 2.34. The molecule has 0 unspecified atom stereocenters. The van der Waals surface area contributed by atoms with Gasteiger partial charge >= 0.3 is 0 Å². The Hall–Kier alpha value is -4.69. The molecule has 0 bridgehead atoms. The Morgan fingerprint density at radius 1 is 0.886 bits per heavy atom. The minimum atomic E-state index is -0.678. The Balaban J connectivity index is 1.32. The number of rotatable bonds is 9. The molecule has 226 valence electrons. The third-order valence-electron chi connectivity index (χ3n) is 8.45. The van der Waals surface area contributed by atoms with E-state index < -0.39 is 6.04 Å². The number of amides is 2. The molecule has 8 nitrogen and oxygen atoms in total. The average molecular weight is 590 g/mol. The first-order valence-electron chi connectivity index (χ1n) is 15.3. The summed E-state index contributed by atoms with van der Waals surface area (Å²) in [7, 11) is 1.84. The van der Waals surface area contributed by atoms with E-state index in [1.54, 1.807) is 21.7 Å². The summed E-state index contributed by atoms with van der Waals surface area (Å²) in [6.07, 6.45) is 6.33. The van der Waals surface area contributed by atoms with E-state index in [9.17, 15) is 9.59 Å². The van der Waals surface area contributed by atoms with Gasteiger partial charge < -0.3 is 19.4 Å². The van der Waals surface area contributed by atoms with Gasteiger partial charge in [-0.3, -0.25) is 14.3 Å². The molecule has 1 fully saturated rings. The topological polar surface area (TPSA) is 70.9 Å². The van der Waals surface area contributed by atoms with Crippen LogP contribution < -0.4 is 4.90 Å². The van der Waals surface area contributed by atoms with Crippen molar-refractivity contribution in [2.45, 2.75) is 32.0 Å². The van der Waals surface area contributed by atoms with Gasteiger partial charge in [0.1, 0.15) is 6.04 Å². The summed E-state index contributed by atoms with van der Waals surface area (Å²) in [6.45, 7) is 4.63. The van der Waals surface area contributed by atoms with Crippen molar-refractivity contribution in [3.8, 4) is 0 Å². The number of ether oxygens (including phenoxy) is 1. The lowest BCUT2D eigenvalue weighted by atomic mass is 9.97. The van der Waals surface area contributed by atoms with E-state index >= 15 is 0 Å². The molecule has 1 aromatic heterocycles. The standard InChI is InChI=1S/C36H39N5O3/c1-38-19-18-32(37-38)13-16-35(42)41(26-29-11-14-33(15-12-29)39-21-23-44-24-22-39)34(25-28-7-3-2-4-8-28)36(43)40-20-17-30-9-5-6-10-31(30)27-40/h2-16,18-19,34H,17,20-27H2,1H3/t34-/m0/s1. The monoisotopic (exact) mass is 589 g/mol. The van der Waals surface area contributed by atoms with Gasteiger partial charge in [0.15, 0.2) is 0 Å². The number of fused-ring (bicyclic) bond motifs is 1. The van der Waals surface area contributed by atoms with Crippen LogP contribution in [-0.4, -0.2) is 70.3 Å². The largest absolute Gasteiger partial charge is 0.378 e. The second-order valence-electron chi connectivity index (χ2n) is 11.5. The normalized spacial score (nSPS) is 15.7. The van der Waals surface area contributed by atoms with Crippen molar-refractivity contribution in [3.05, 3.63) is 125 Å². The van der Waals surface area contributed by atoms with Crippen LogP contribution in [0.2, 0.25) is 0 Å². The zero-order chi connectivity index (χ0) is 30.3. The van der Waals surface area contributed by atoms with Crippen LogP contribution in [0.15, 0.2) is 97.2 Å². The summed E-state index contributed by atoms with van der Waals surface area (Å²) >= 11 is 0. The maximum Gasteiger partial charge on any atom is 0.247 e. The van der Waals surface area contributed by atoms with Crippen molar-refractivity contribution in [2.75, 3.05) is 37.7 Å². The minimum Gasteiger partial charge on any atom is -0.378 e. The molecular formula is C36H39N5O3. The summed E-state index contributed by atoms with van der Waals surface area (Å²) in [5, 5.41) is 4.39. The minimum absolute atomic E-state index is 0.0344. The molecule has 2 aliphatic heterocycles. The van der Waals surface area contributed by atoms with E-state index in [0.29, 0.717) is 31.7 Å². The van der Waals surface area contributed by atoms with Crippen LogP contribution in [0.5, 0.6) is 0 Å². The van der Waals surface area contributed by atoms with Crippen LogP contribution in [-0.2, 0) is 47.3 Å². The van der Waals surface area contributed by atoms with Crippen LogP contribution in [0.3, 0.4) is 0 Å². The zero-order valence-electron chi connectivity index (χ0n) is 25.2. The molecule has 8 heteroatoms. The first-order chi connectivity index (χ1) is 21.5. The number of hydrogen-bond donors (Lipinski definition) is 0. The quantitative estimate of drug-likeness (QED) is 0.269. The summed E-state index contributed by atoms with van der Waals surface area (Å²) < 4.78 is 7.22. The van der Waals surface area contributed by atoms with Gasteiger partial charge in [-0.2, -0.15) is 5.10 Å². The molecule has 3 heterocycles. The Morgan fingerprint density at radius 3 is 2.34 bits per heavy atom. The lowest BCUT2D eigenvalue weighted by Crippen LogP contribution is -2.52. The third-order valence-corrected chi connectivity index (χ3v) is 8.45. The van der Waals surface area contributed by atoms with E-state index in [-0.39, 0.29) is 11.8 Å². The van der Waals surface area contributed by atoms with Gasteiger partial charge in [0, 0.05) is 64.2 Å².